The second-order valence-electron chi connectivity index (χ2n) is 6.65. The van der Waals surface area contributed by atoms with Gasteiger partial charge in [-0.1, -0.05) is 0 Å². The molecule has 0 radical (unpaired) electrons. The largest absolute Gasteiger partial charge is 0.497 e. The van der Waals surface area contributed by atoms with Crippen molar-refractivity contribution in [3.05, 3.63) is 53.9 Å². The molecule has 30 heavy (non-hydrogen) atoms. The standard InChI is InChI=1S/C21H19N5O4/c1-28-14-5-6-19(29-2)16(8-14)17-9-18(25-24-17)21(27)26-11-15(12-26)30-20-13(10-22)4-3-7-23-20/h3-9,15H,11-12H2,1-2H3,(H,24,25). The Morgan fingerprint density at radius 2 is 2.07 bits per heavy atom. The number of H-pyrrole nitrogens is 1. The van der Waals surface area contributed by atoms with E-state index in [2.05, 4.69) is 15.2 Å². The Morgan fingerprint density at radius 3 is 2.80 bits per heavy atom. The number of hydrogen-bond acceptors (Lipinski definition) is 7. The molecule has 0 atom stereocenters. The number of pyridine rings is 1. The maximum atomic E-state index is 12.7. The number of ether oxygens (including phenoxy) is 3. The minimum absolute atomic E-state index is 0.183. The normalized spacial score (nSPS) is 13.3. The number of aromatic nitrogens is 3. The van der Waals surface area contributed by atoms with Gasteiger partial charge in [-0.2, -0.15) is 10.4 Å². The van der Waals surface area contributed by atoms with Crippen LogP contribution in [0.25, 0.3) is 11.3 Å². The third kappa shape index (κ3) is 3.63. The molecule has 0 spiro atoms. The highest BCUT2D eigenvalue weighted by Crippen LogP contribution is 2.33. The summed E-state index contributed by atoms with van der Waals surface area (Å²) in [4.78, 5) is 18.5. The van der Waals surface area contributed by atoms with E-state index in [1.165, 1.54) is 0 Å². The zero-order valence-corrected chi connectivity index (χ0v) is 16.5. The number of carbonyl (C=O) groups is 1. The second-order valence-corrected chi connectivity index (χ2v) is 6.65. The van der Waals surface area contributed by atoms with E-state index in [0.29, 0.717) is 41.5 Å². The monoisotopic (exact) mass is 405 g/mol. The van der Waals surface area contributed by atoms with Crippen LogP contribution in [0.3, 0.4) is 0 Å². The van der Waals surface area contributed by atoms with Gasteiger partial charge in [0.25, 0.3) is 5.91 Å². The Bertz CT molecular complexity index is 1110. The number of methoxy groups -OCH3 is 2. The van der Waals surface area contributed by atoms with E-state index in [1.54, 1.807) is 61.7 Å². The molecule has 2 aromatic heterocycles. The van der Waals surface area contributed by atoms with Crippen LogP contribution in [0.2, 0.25) is 0 Å². The highest BCUT2D eigenvalue weighted by Gasteiger charge is 2.34. The summed E-state index contributed by atoms with van der Waals surface area (Å²) in [5, 5.41) is 16.2. The lowest BCUT2D eigenvalue weighted by atomic mass is 10.1. The number of likely N-dealkylation sites (tertiary alicyclic amines) is 1. The predicted octanol–water partition coefficient (Wildman–Crippen LogP) is 2.26. The molecule has 9 heteroatoms. The molecule has 0 aliphatic carbocycles. The summed E-state index contributed by atoms with van der Waals surface area (Å²) < 4.78 is 16.4. The Balaban J connectivity index is 1.43. The highest BCUT2D eigenvalue weighted by atomic mass is 16.5. The van der Waals surface area contributed by atoms with Crippen molar-refractivity contribution in [1.29, 1.82) is 5.26 Å². The van der Waals surface area contributed by atoms with E-state index >= 15 is 0 Å². The van der Waals surface area contributed by atoms with Gasteiger partial charge in [0.05, 0.1) is 33.0 Å². The lowest BCUT2D eigenvalue weighted by Crippen LogP contribution is -2.56. The van der Waals surface area contributed by atoms with Gasteiger partial charge in [-0.05, 0) is 36.4 Å². The third-order valence-corrected chi connectivity index (χ3v) is 4.80. The van der Waals surface area contributed by atoms with Gasteiger partial charge in [0.2, 0.25) is 5.88 Å². The van der Waals surface area contributed by atoms with Crippen LogP contribution in [-0.4, -0.2) is 59.4 Å². The molecular formula is C21H19N5O4. The van der Waals surface area contributed by atoms with Crippen molar-refractivity contribution in [3.63, 3.8) is 0 Å². The Morgan fingerprint density at radius 1 is 1.23 bits per heavy atom. The molecular weight excluding hydrogens is 386 g/mol. The summed E-state index contributed by atoms with van der Waals surface area (Å²) in [6.45, 7) is 0.800. The molecule has 1 amide bonds. The van der Waals surface area contributed by atoms with E-state index in [4.69, 9.17) is 19.5 Å². The van der Waals surface area contributed by atoms with Gasteiger partial charge in [0, 0.05) is 11.8 Å². The molecule has 0 saturated carbocycles. The number of nitrogens with one attached hydrogen (secondary N) is 1. The SMILES string of the molecule is COc1ccc(OC)c(-c2cc(C(=O)N3CC(Oc4ncccc4C#N)C3)[nH]n2)c1. The molecule has 0 unspecified atom stereocenters. The predicted molar refractivity (Wildman–Crippen MR) is 106 cm³/mol. The molecule has 4 rings (SSSR count). The molecule has 3 heterocycles. The maximum absolute atomic E-state index is 12.7. The minimum Gasteiger partial charge on any atom is -0.497 e. The summed E-state index contributed by atoms with van der Waals surface area (Å²) in [6, 6.07) is 12.4. The van der Waals surface area contributed by atoms with Crippen molar-refractivity contribution >= 4 is 5.91 Å². The zero-order chi connectivity index (χ0) is 21.1. The second kappa shape index (κ2) is 8.13. The average Bonchev–Trinajstić information content (AvgIpc) is 3.25. The molecule has 1 fully saturated rings. The summed E-state index contributed by atoms with van der Waals surface area (Å²) in [7, 11) is 3.15. The Labute approximate surface area is 172 Å². The minimum atomic E-state index is -0.211. The molecule has 1 aromatic carbocycles. The fourth-order valence-corrected chi connectivity index (χ4v) is 3.16. The molecule has 0 bridgehead atoms. The lowest BCUT2D eigenvalue weighted by Gasteiger charge is -2.38. The van der Waals surface area contributed by atoms with E-state index in [0.717, 1.165) is 5.56 Å². The van der Waals surface area contributed by atoms with Crippen LogP contribution in [-0.2, 0) is 0 Å². The molecule has 1 N–H and O–H groups in total. The van der Waals surface area contributed by atoms with E-state index in [1.807, 2.05) is 6.07 Å². The third-order valence-electron chi connectivity index (χ3n) is 4.80. The van der Waals surface area contributed by atoms with Crippen LogP contribution in [0.15, 0.2) is 42.6 Å². The van der Waals surface area contributed by atoms with Gasteiger partial charge < -0.3 is 19.1 Å². The molecule has 9 nitrogen and oxygen atoms in total. The first-order valence-corrected chi connectivity index (χ1v) is 9.21. The number of carbonyl (C=O) groups excluding carboxylic acids is 1. The Kier molecular flexibility index (Phi) is 5.22. The maximum Gasteiger partial charge on any atom is 0.272 e. The number of rotatable bonds is 6. The van der Waals surface area contributed by atoms with Gasteiger partial charge in [-0.15, -0.1) is 0 Å². The van der Waals surface area contributed by atoms with Crippen molar-refractivity contribution in [2.75, 3.05) is 27.3 Å². The molecule has 152 valence electrons. The number of benzene rings is 1. The number of hydrogen-bond donors (Lipinski definition) is 1. The molecule has 1 aliphatic rings. The van der Waals surface area contributed by atoms with E-state index in [-0.39, 0.29) is 17.9 Å². The molecule has 3 aromatic rings. The van der Waals surface area contributed by atoms with Gasteiger partial charge in [-0.3, -0.25) is 9.89 Å². The van der Waals surface area contributed by atoms with Gasteiger partial charge in [0.1, 0.15) is 34.9 Å². The summed E-state index contributed by atoms with van der Waals surface area (Å²) >= 11 is 0. The first kappa shape index (κ1) is 19.3. The van der Waals surface area contributed by atoms with E-state index < -0.39 is 0 Å². The average molecular weight is 405 g/mol. The van der Waals surface area contributed by atoms with Crippen LogP contribution in [0.4, 0.5) is 0 Å². The van der Waals surface area contributed by atoms with Crippen molar-refractivity contribution in [2.45, 2.75) is 6.10 Å². The van der Waals surface area contributed by atoms with Crippen molar-refractivity contribution in [2.24, 2.45) is 0 Å². The number of nitriles is 1. The summed E-state index contributed by atoms with van der Waals surface area (Å²) in [5.74, 6) is 1.39. The fourth-order valence-electron chi connectivity index (χ4n) is 3.16. The highest BCUT2D eigenvalue weighted by molar-refractivity contribution is 5.94. The zero-order valence-electron chi connectivity index (χ0n) is 16.5. The number of amides is 1. The van der Waals surface area contributed by atoms with Crippen LogP contribution >= 0.6 is 0 Å². The van der Waals surface area contributed by atoms with Crippen LogP contribution in [0.5, 0.6) is 17.4 Å². The van der Waals surface area contributed by atoms with Crippen LogP contribution in [0, 0.1) is 11.3 Å². The number of nitrogens with zero attached hydrogens (tertiary/aromatic N) is 4. The first-order chi connectivity index (χ1) is 14.6. The van der Waals surface area contributed by atoms with Crippen LogP contribution < -0.4 is 14.2 Å². The van der Waals surface area contributed by atoms with Gasteiger partial charge in [-0.25, -0.2) is 4.98 Å². The summed E-state index contributed by atoms with van der Waals surface area (Å²) in [5.41, 5.74) is 2.03. The van der Waals surface area contributed by atoms with E-state index in [9.17, 15) is 4.79 Å². The van der Waals surface area contributed by atoms with Crippen molar-refractivity contribution in [3.8, 4) is 34.7 Å². The Hall–Kier alpha value is -4.06. The van der Waals surface area contributed by atoms with Crippen molar-refractivity contribution < 1.29 is 19.0 Å². The quantitative estimate of drug-likeness (QED) is 0.669. The lowest BCUT2D eigenvalue weighted by molar-refractivity contribution is 0.0154. The summed E-state index contributed by atoms with van der Waals surface area (Å²) in [6.07, 6.45) is 1.35. The van der Waals surface area contributed by atoms with Crippen LogP contribution in [0.1, 0.15) is 16.1 Å². The van der Waals surface area contributed by atoms with Crippen molar-refractivity contribution in [1.82, 2.24) is 20.1 Å². The topological polar surface area (TPSA) is 113 Å². The molecule has 1 aliphatic heterocycles. The van der Waals surface area contributed by atoms with Gasteiger partial charge in [0.15, 0.2) is 0 Å². The fraction of sp³-hybridized carbons (Fsp3) is 0.238. The first-order valence-electron chi connectivity index (χ1n) is 9.21. The molecule has 1 saturated heterocycles. The van der Waals surface area contributed by atoms with Gasteiger partial charge >= 0.3 is 0 Å². The number of aromatic amines is 1. The smallest absolute Gasteiger partial charge is 0.272 e.